The molecular formula is C6H11FO2S. The highest BCUT2D eigenvalue weighted by Gasteiger charge is 2.43. The molecule has 2 nitrogen and oxygen atoms in total. The zero-order valence-electron chi connectivity index (χ0n) is 6.09. The third kappa shape index (κ3) is 1.31. The predicted molar refractivity (Wildman–Crippen MR) is 37.3 cm³/mol. The maximum Gasteiger partial charge on any atom is 0.153 e. The van der Waals surface area contributed by atoms with Crippen molar-refractivity contribution < 1.29 is 12.8 Å². The number of sulfone groups is 1. The normalized spacial score (nSPS) is 36.1. The zero-order chi connectivity index (χ0) is 7.99. The highest BCUT2D eigenvalue weighted by atomic mass is 32.2. The second kappa shape index (κ2) is 1.94. The smallest absolute Gasteiger partial charge is 0.153 e. The maximum absolute atomic E-state index is 12.8. The fourth-order valence-electron chi connectivity index (χ4n) is 1.16. The van der Waals surface area contributed by atoms with Crippen molar-refractivity contribution in [2.45, 2.75) is 20.0 Å². The van der Waals surface area contributed by atoms with Gasteiger partial charge in [-0.25, -0.2) is 12.8 Å². The lowest BCUT2D eigenvalue weighted by atomic mass is 9.92. The van der Waals surface area contributed by atoms with E-state index in [1.807, 2.05) is 0 Å². The summed E-state index contributed by atoms with van der Waals surface area (Å²) in [7, 11) is -3.08. The van der Waals surface area contributed by atoms with Crippen LogP contribution in [0.4, 0.5) is 4.39 Å². The Labute approximate surface area is 60.3 Å². The maximum atomic E-state index is 12.8. The summed E-state index contributed by atoms with van der Waals surface area (Å²) in [6.45, 7) is 3.28. The Hall–Kier alpha value is -0.120. The van der Waals surface area contributed by atoms with Crippen molar-refractivity contribution in [3.05, 3.63) is 0 Å². The predicted octanol–water partition coefficient (Wildman–Crippen LogP) is 0.779. The molecule has 0 saturated carbocycles. The first-order valence-electron chi connectivity index (χ1n) is 3.18. The minimum absolute atomic E-state index is 0.0127. The molecule has 0 radical (unpaired) electrons. The van der Waals surface area contributed by atoms with Crippen molar-refractivity contribution in [1.82, 2.24) is 0 Å². The van der Waals surface area contributed by atoms with Gasteiger partial charge < -0.3 is 0 Å². The Morgan fingerprint density at radius 3 is 2.10 bits per heavy atom. The van der Waals surface area contributed by atoms with Crippen molar-refractivity contribution in [2.75, 3.05) is 11.5 Å². The van der Waals surface area contributed by atoms with E-state index in [-0.39, 0.29) is 11.5 Å². The van der Waals surface area contributed by atoms with Gasteiger partial charge in [0.2, 0.25) is 0 Å². The molecule has 0 spiro atoms. The van der Waals surface area contributed by atoms with Crippen LogP contribution in [0.2, 0.25) is 0 Å². The molecule has 0 aromatic carbocycles. The van der Waals surface area contributed by atoms with Crippen LogP contribution in [-0.2, 0) is 9.84 Å². The fourth-order valence-corrected chi connectivity index (χ4v) is 3.49. The Balaban J connectivity index is 2.92. The summed E-state index contributed by atoms with van der Waals surface area (Å²) in [5, 5.41) is 0. The number of hydrogen-bond donors (Lipinski definition) is 0. The third-order valence-electron chi connectivity index (χ3n) is 1.84. The van der Waals surface area contributed by atoms with Gasteiger partial charge in [-0.3, -0.25) is 0 Å². The minimum Gasteiger partial charge on any atom is -0.246 e. The van der Waals surface area contributed by atoms with Crippen LogP contribution in [0, 0.1) is 5.41 Å². The molecule has 1 aliphatic rings. The molecule has 10 heavy (non-hydrogen) atoms. The first kappa shape index (κ1) is 7.98. The lowest BCUT2D eigenvalue weighted by Gasteiger charge is -2.16. The van der Waals surface area contributed by atoms with E-state index in [0.717, 1.165) is 0 Å². The van der Waals surface area contributed by atoms with Crippen LogP contribution < -0.4 is 0 Å². The fraction of sp³-hybridized carbons (Fsp3) is 1.00. The molecule has 0 amide bonds. The van der Waals surface area contributed by atoms with Crippen molar-refractivity contribution in [1.29, 1.82) is 0 Å². The Morgan fingerprint density at radius 2 is 2.00 bits per heavy atom. The van der Waals surface area contributed by atoms with E-state index in [2.05, 4.69) is 0 Å². The molecule has 0 aliphatic carbocycles. The van der Waals surface area contributed by atoms with Crippen LogP contribution in [-0.4, -0.2) is 26.1 Å². The van der Waals surface area contributed by atoms with E-state index in [1.54, 1.807) is 13.8 Å². The van der Waals surface area contributed by atoms with Crippen molar-refractivity contribution in [3.63, 3.8) is 0 Å². The minimum atomic E-state index is -3.08. The molecule has 1 atom stereocenters. The van der Waals surface area contributed by atoms with Gasteiger partial charge in [-0.2, -0.15) is 0 Å². The Bertz CT molecular complexity index is 230. The molecule has 0 aromatic heterocycles. The van der Waals surface area contributed by atoms with Gasteiger partial charge in [0.15, 0.2) is 9.84 Å². The van der Waals surface area contributed by atoms with E-state index >= 15 is 0 Å². The Kier molecular flexibility index (Phi) is 1.54. The number of alkyl halides is 1. The molecule has 0 N–H and O–H groups in total. The molecule has 1 unspecified atom stereocenters. The molecular weight excluding hydrogens is 155 g/mol. The monoisotopic (exact) mass is 166 g/mol. The van der Waals surface area contributed by atoms with Crippen molar-refractivity contribution in [2.24, 2.45) is 5.41 Å². The zero-order valence-corrected chi connectivity index (χ0v) is 6.91. The van der Waals surface area contributed by atoms with Crippen LogP contribution in [0.25, 0.3) is 0 Å². The van der Waals surface area contributed by atoms with Gasteiger partial charge in [0.1, 0.15) is 6.17 Å². The average Bonchev–Trinajstić information content (AvgIpc) is 1.73. The molecule has 0 aromatic rings. The van der Waals surface area contributed by atoms with Gasteiger partial charge >= 0.3 is 0 Å². The van der Waals surface area contributed by atoms with Gasteiger partial charge in [-0.1, -0.05) is 13.8 Å². The largest absolute Gasteiger partial charge is 0.246 e. The van der Waals surface area contributed by atoms with Crippen molar-refractivity contribution in [3.8, 4) is 0 Å². The van der Waals surface area contributed by atoms with Crippen LogP contribution in [0.5, 0.6) is 0 Å². The highest BCUT2D eigenvalue weighted by Crippen LogP contribution is 2.33. The van der Waals surface area contributed by atoms with Crippen LogP contribution in [0.3, 0.4) is 0 Å². The van der Waals surface area contributed by atoms with Crippen LogP contribution >= 0.6 is 0 Å². The quantitative estimate of drug-likeness (QED) is 0.533. The van der Waals surface area contributed by atoms with Gasteiger partial charge in [0.05, 0.1) is 11.5 Å². The van der Waals surface area contributed by atoms with Crippen molar-refractivity contribution >= 4 is 9.84 Å². The van der Waals surface area contributed by atoms with E-state index in [0.29, 0.717) is 0 Å². The van der Waals surface area contributed by atoms with E-state index in [1.165, 1.54) is 0 Å². The summed E-state index contributed by atoms with van der Waals surface area (Å²) in [5.41, 5.74) is -0.668. The first-order chi connectivity index (χ1) is 4.33. The van der Waals surface area contributed by atoms with Crippen LogP contribution in [0.15, 0.2) is 0 Å². The third-order valence-corrected chi connectivity index (χ3v) is 3.82. The first-order valence-corrected chi connectivity index (χ1v) is 5.00. The molecule has 4 heteroatoms. The lowest BCUT2D eigenvalue weighted by molar-refractivity contribution is 0.203. The van der Waals surface area contributed by atoms with Crippen LogP contribution in [0.1, 0.15) is 13.8 Å². The summed E-state index contributed by atoms with van der Waals surface area (Å²) in [6.07, 6.45) is -1.18. The van der Waals surface area contributed by atoms with Gasteiger partial charge in [0, 0.05) is 5.41 Å². The molecule has 0 bridgehead atoms. The SMILES string of the molecule is CC1(C)CS(=O)(=O)CC1F. The highest BCUT2D eigenvalue weighted by molar-refractivity contribution is 7.91. The lowest BCUT2D eigenvalue weighted by Crippen LogP contribution is -2.22. The second-order valence-corrected chi connectivity index (χ2v) is 5.62. The standard InChI is InChI=1S/C6H11FO2S/c1-6(2)4-10(8,9)3-5(6)7/h5H,3-4H2,1-2H3. The molecule has 60 valence electrons. The average molecular weight is 166 g/mol. The molecule has 1 saturated heterocycles. The number of halogens is 1. The van der Waals surface area contributed by atoms with E-state index in [4.69, 9.17) is 0 Å². The number of rotatable bonds is 0. The summed E-state index contributed by atoms with van der Waals surface area (Å²) in [5.74, 6) is -0.304. The molecule has 1 aliphatic heterocycles. The van der Waals surface area contributed by atoms with E-state index in [9.17, 15) is 12.8 Å². The summed E-state index contributed by atoms with van der Waals surface area (Å²) < 4.78 is 34.5. The molecule has 1 heterocycles. The van der Waals surface area contributed by atoms with Gasteiger partial charge in [-0.15, -0.1) is 0 Å². The summed E-state index contributed by atoms with van der Waals surface area (Å²) in [4.78, 5) is 0. The summed E-state index contributed by atoms with van der Waals surface area (Å²) in [6, 6.07) is 0. The molecule has 1 rings (SSSR count). The summed E-state index contributed by atoms with van der Waals surface area (Å²) >= 11 is 0. The number of hydrogen-bond acceptors (Lipinski definition) is 2. The second-order valence-electron chi connectivity index (χ2n) is 3.51. The van der Waals surface area contributed by atoms with Gasteiger partial charge in [-0.05, 0) is 0 Å². The Morgan fingerprint density at radius 1 is 1.50 bits per heavy atom. The van der Waals surface area contributed by atoms with E-state index < -0.39 is 21.4 Å². The van der Waals surface area contributed by atoms with Gasteiger partial charge in [0.25, 0.3) is 0 Å². The molecule has 1 fully saturated rings. The topological polar surface area (TPSA) is 34.1 Å².